The average molecular weight is 213 g/mol. The molecule has 0 aliphatic carbocycles. The number of aliphatic hydroxyl groups is 1. The van der Waals surface area contributed by atoms with Crippen LogP contribution in [0.15, 0.2) is 0 Å². The van der Waals surface area contributed by atoms with E-state index >= 15 is 0 Å². The van der Waals surface area contributed by atoms with Crippen LogP contribution in [0.25, 0.3) is 0 Å². The van der Waals surface area contributed by atoms with Crippen LogP contribution in [0.3, 0.4) is 0 Å². The van der Waals surface area contributed by atoms with Gasteiger partial charge in [0, 0.05) is 5.97 Å². The van der Waals surface area contributed by atoms with Crippen molar-refractivity contribution in [2.24, 2.45) is 0 Å². The van der Waals surface area contributed by atoms with Crippen LogP contribution in [0.5, 0.6) is 0 Å². The second-order valence-electron chi connectivity index (χ2n) is 3.64. The van der Waals surface area contributed by atoms with Gasteiger partial charge in [-0.2, -0.15) is 0 Å². The number of hydrogen-bond acceptors (Lipinski definition) is 3. The zero-order chi connectivity index (χ0) is 10.4. The van der Waals surface area contributed by atoms with Gasteiger partial charge in [-0.05, 0) is 13.8 Å². The highest BCUT2D eigenvalue weighted by Crippen LogP contribution is 1.98. The molecule has 1 atom stereocenters. The third-order valence-corrected chi connectivity index (χ3v) is 1.59. The smallest absolute Gasteiger partial charge is 0.109 e. The minimum absolute atomic E-state index is 0. The van der Waals surface area contributed by atoms with Gasteiger partial charge in [0.15, 0.2) is 0 Å². The van der Waals surface area contributed by atoms with Crippen LogP contribution in [0.1, 0.15) is 13.8 Å². The van der Waals surface area contributed by atoms with Crippen molar-refractivity contribution in [1.29, 1.82) is 0 Å². The summed E-state index contributed by atoms with van der Waals surface area (Å²) in [7, 11) is 6.21. The van der Waals surface area contributed by atoms with Gasteiger partial charge in [-0.25, -0.2) is 0 Å². The van der Waals surface area contributed by atoms with Gasteiger partial charge < -0.3 is 31.9 Å². The zero-order valence-corrected chi connectivity index (χ0v) is 9.63. The van der Waals surface area contributed by atoms with E-state index < -0.39 is 5.97 Å². The standard InChI is InChI=1S/C6H16NO.C2H4O2.ClH/c1-6(5-8)7(2,3)4;1-2(3)4;/h6,8H,5H2,1-4H3;1H3,(H,3,4);1H/q+1;;/p-2. The maximum atomic E-state index is 8.89. The largest absolute Gasteiger partial charge is 1.00 e. The Morgan fingerprint density at radius 3 is 1.69 bits per heavy atom. The summed E-state index contributed by atoms with van der Waals surface area (Å²) in [6, 6.07) is 0.343. The van der Waals surface area contributed by atoms with E-state index in [4.69, 9.17) is 15.0 Å². The fourth-order valence-electron chi connectivity index (χ4n) is 0.245. The molecule has 0 saturated carbocycles. The third-order valence-electron chi connectivity index (χ3n) is 1.59. The summed E-state index contributed by atoms with van der Waals surface area (Å²) in [5.74, 6) is -1.08. The first-order valence-electron chi connectivity index (χ1n) is 3.81. The lowest BCUT2D eigenvalue weighted by Gasteiger charge is -2.29. The molecular weight excluding hydrogens is 194 g/mol. The summed E-state index contributed by atoms with van der Waals surface area (Å²) >= 11 is 0. The minimum atomic E-state index is -1.08. The molecule has 0 radical (unpaired) electrons. The van der Waals surface area contributed by atoms with Crippen molar-refractivity contribution in [2.45, 2.75) is 19.9 Å². The summed E-state index contributed by atoms with van der Waals surface area (Å²) < 4.78 is 0.830. The van der Waals surface area contributed by atoms with Crippen LogP contribution in [0.2, 0.25) is 0 Å². The number of carbonyl (C=O) groups excluding carboxylic acids is 1. The third kappa shape index (κ3) is 18.6. The molecule has 0 rings (SSSR count). The summed E-state index contributed by atoms with van der Waals surface area (Å²) in [6.07, 6.45) is 0. The van der Waals surface area contributed by atoms with E-state index in [2.05, 4.69) is 21.1 Å². The van der Waals surface area contributed by atoms with E-state index in [9.17, 15) is 0 Å². The number of aliphatic hydroxyl groups excluding tert-OH is 1. The quantitative estimate of drug-likeness (QED) is 0.473. The van der Waals surface area contributed by atoms with Crippen molar-refractivity contribution in [2.75, 3.05) is 27.7 Å². The monoisotopic (exact) mass is 212 g/mol. The first kappa shape index (κ1) is 18.5. The molecule has 0 aromatic rings. The van der Waals surface area contributed by atoms with Crippen molar-refractivity contribution >= 4 is 5.97 Å². The van der Waals surface area contributed by atoms with Gasteiger partial charge in [0.2, 0.25) is 0 Å². The number of likely N-dealkylation sites (N-methyl/N-ethyl adjacent to an activating group) is 1. The molecule has 0 saturated heterocycles. The molecule has 5 heteroatoms. The molecule has 4 nitrogen and oxygen atoms in total. The number of rotatable bonds is 2. The number of carbonyl (C=O) groups is 1. The van der Waals surface area contributed by atoms with E-state index in [-0.39, 0.29) is 19.0 Å². The van der Waals surface area contributed by atoms with E-state index in [0.717, 1.165) is 11.4 Å². The second kappa shape index (κ2) is 8.29. The highest BCUT2D eigenvalue weighted by Gasteiger charge is 2.15. The van der Waals surface area contributed by atoms with Gasteiger partial charge in [-0.1, -0.05) is 0 Å². The number of nitrogens with zero attached hydrogens (tertiary/aromatic N) is 1. The Labute approximate surface area is 86.2 Å². The lowest BCUT2D eigenvalue weighted by Crippen LogP contribution is -3.00. The van der Waals surface area contributed by atoms with Crippen molar-refractivity contribution in [3.05, 3.63) is 0 Å². The molecule has 0 fully saturated rings. The fraction of sp³-hybridized carbons (Fsp3) is 0.875. The van der Waals surface area contributed by atoms with E-state index in [1.54, 1.807) is 0 Å². The number of carboxylic acid groups (broad SMARTS) is 1. The molecule has 0 bridgehead atoms. The Hall–Kier alpha value is -0.320. The van der Waals surface area contributed by atoms with E-state index in [0.29, 0.717) is 6.04 Å². The van der Waals surface area contributed by atoms with Crippen LogP contribution in [-0.2, 0) is 4.79 Å². The summed E-state index contributed by atoms with van der Waals surface area (Å²) in [6.45, 7) is 3.27. The highest BCUT2D eigenvalue weighted by molar-refractivity contribution is 5.60. The number of carboxylic acids is 1. The molecule has 0 aromatic heterocycles. The highest BCUT2D eigenvalue weighted by atomic mass is 35.5. The Kier molecular flexibility index (Phi) is 11.8. The van der Waals surface area contributed by atoms with Crippen LogP contribution < -0.4 is 17.5 Å². The summed E-state index contributed by atoms with van der Waals surface area (Å²) in [5, 5.41) is 17.5. The lowest BCUT2D eigenvalue weighted by molar-refractivity contribution is -0.894. The van der Waals surface area contributed by atoms with Gasteiger partial charge >= 0.3 is 0 Å². The van der Waals surface area contributed by atoms with Crippen LogP contribution >= 0.6 is 0 Å². The molecule has 0 aliphatic heterocycles. The average Bonchev–Trinajstić information content (AvgIpc) is 1.82. The van der Waals surface area contributed by atoms with Crippen molar-refractivity contribution in [3.8, 4) is 0 Å². The SMILES string of the molecule is CC(=O)[O-].CC(CO)[N+](C)(C)C.[Cl-]. The molecular formula is C8H19ClNO3-. The first-order chi connectivity index (χ1) is 5.21. The molecule has 82 valence electrons. The van der Waals surface area contributed by atoms with E-state index in [1.165, 1.54) is 0 Å². The molecule has 13 heavy (non-hydrogen) atoms. The molecule has 0 spiro atoms. The maximum absolute atomic E-state index is 8.89. The minimum Gasteiger partial charge on any atom is -1.00 e. The number of aliphatic carboxylic acids is 1. The predicted molar refractivity (Wildman–Crippen MR) is 45.3 cm³/mol. The molecule has 0 amide bonds. The Balaban J connectivity index is -0.000000173. The van der Waals surface area contributed by atoms with Gasteiger partial charge in [0.05, 0.1) is 27.7 Å². The van der Waals surface area contributed by atoms with Crippen LogP contribution in [0, 0.1) is 0 Å². The molecule has 0 aromatic carbocycles. The zero-order valence-electron chi connectivity index (χ0n) is 8.87. The Morgan fingerprint density at radius 1 is 1.46 bits per heavy atom. The van der Waals surface area contributed by atoms with Crippen molar-refractivity contribution in [1.82, 2.24) is 0 Å². The predicted octanol–water partition coefficient (Wildman–Crippen LogP) is -4.17. The molecule has 1 N–H and O–H groups in total. The summed E-state index contributed by atoms with van der Waals surface area (Å²) in [5.41, 5.74) is 0. The Morgan fingerprint density at radius 2 is 1.69 bits per heavy atom. The van der Waals surface area contributed by atoms with Crippen LogP contribution in [0.4, 0.5) is 0 Å². The fourth-order valence-corrected chi connectivity index (χ4v) is 0.245. The first-order valence-corrected chi connectivity index (χ1v) is 3.81. The Bertz CT molecular complexity index is 130. The molecule has 0 heterocycles. The molecule has 1 unspecified atom stereocenters. The normalized spacial score (nSPS) is 11.8. The number of halogens is 1. The van der Waals surface area contributed by atoms with Crippen molar-refractivity contribution in [3.63, 3.8) is 0 Å². The van der Waals surface area contributed by atoms with E-state index in [1.807, 2.05) is 6.92 Å². The van der Waals surface area contributed by atoms with Gasteiger partial charge in [0.25, 0.3) is 0 Å². The number of hydrogen-bond donors (Lipinski definition) is 1. The molecule has 0 aliphatic rings. The maximum Gasteiger partial charge on any atom is 0.109 e. The summed E-state index contributed by atoms with van der Waals surface area (Å²) in [4.78, 5) is 8.89. The number of quaternary nitrogens is 1. The van der Waals surface area contributed by atoms with Gasteiger partial charge in [0.1, 0.15) is 6.04 Å². The van der Waals surface area contributed by atoms with Gasteiger partial charge in [-0.3, -0.25) is 0 Å². The topological polar surface area (TPSA) is 60.4 Å². The van der Waals surface area contributed by atoms with Gasteiger partial charge in [-0.15, -0.1) is 0 Å². The lowest BCUT2D eigenvalue weighted by atomic mass is 10.3. The second-order valence-corrected chi connectivity index (χ2v) is 3.64. The van der Waals surface area contributed by atoms with Crippen molar-refractivity contribution < 1.29 is 31.9 Å². The van der Waals surface area contributed by atoms with Crippen LogP contribution in [-0.4, -0.2) is 49.4 Å².